The van der Waals surface area contributed by atoms with Crippen molar-refractivity contribution in [2.45, 2.75) is 71.9 Å². The molecule has 1 saturated carbocycles. The third-order valence-corrected chi connectivity index (χ3v) is 5.72. The number of halogens is 1. The van der Waals surface area contributed by atoms with Crippen LogP contribution in [0.5, 0.6) is 0 Å². The number of rotatable bonds is 5. The van der Waals surface area contributed by atoms with E-state index in [4.69, 9.17) is 9.52 Å². The predicted molar refractivity (Wildman–Crippen MR) is 121 cm³/mol. The molecule has 158 valence electrons. The van der Waals surface area contributed by atoms with Crippen LogP contribution in [0.2, 0.25) is 0 Å². The summed E-state index contributed by atoms with van der Waals surface area (Å²) in [6.45, 7) is 8.85. The smallest absolute Gasteiger partial charge is 0.225 e. The molecule has 3 rings (SSSR count). The molecule has 0 aromatic carbocycles. The molecule has 1 saturated heterocycles. The molecule has 1 aliphatic carbocycles. The van der Waals surface area contributed by atoms with Crippen LogP contribution in [0.25, 0.3) is 0 Å². The molecule has 28 heavy (non-hydrogen) atoms. The molecule has 0 bridgehead atoms. The van der Waals surface area contributed by atoms with Gasteiger partial charge in [-0.15, -0.1) is 24.0 Å². The predicted octanol–water partition coefficient (Wildman–Crippen LogP) is 3.15. The highest BCUT2D eigenvalue weighted by Gasteiger charge is 2.31. The number of carbonyl (C=O) groups is 1. The summed E-state index contributed by atoms with van der Waals surface area (Å²) in [5, 5.41) is 10.8. The van der Waals surface area contributed by atoms with Gasteiger partial charge in [-0.2, -0.15) is 0 Å². The van der Waals surface area contributed by atoms with Crippen molar-refractivity contribution >= 4 is 35.8 Å². The van der Waals surface area contributed by atoms with E-state index in [0.717, 1.165) is 61.9 Å². The summed E-state index contributed by atoms with van der Waals surface area (Å²) >= 11 is 0. The Morgan fingerprint density at radius 1 is 1.25 bits per heavy atom. The average Bonchev–Trinajstić information content (AvgIpc) is 3.27. The second-order valence-corrected chi connectivity index (χ2v) is 7.75. The lowest BCUT2D eigenvalue weighted by atomic mass is 9.88. The summed E-state index contributed by atoms with van der Waals surface area (Å²) < 4.78 is 5.21. The maximum absolute atomic E-state index is 12.7. The van der Waals surface area contributed by atoms with Crippen molar-refractivity contribution in [1.82, 2.24) is 20.7 Å². The monoisotopic (exact) mass is 503 g/mol. The van der Waals surface area contributed by atoms with Crippen molar-refractivity contribution in [3.63, 3.8) is 0 Å². The fourth-order valence-electron chi connectivity index (χ4n) is 4.09. The number of nitrogens with zero attached hydrogens (tertiary/aromatic N) is 3. The van der Waals surface area contributed by atoms with Crippen molar-refractivity contribution < 1.29 is 9.32 Å². The minimum absolute atomic E-state index is 0. The van der Waals surface area contributed by atoms with Crippen LogP contribution >= 0.6 is 24.0 Å². The topological polar surface area (TPSA) is 82.8 Å². The van der Waals surface area contributed by atoms with Crippen LogP contribution < -0.4 is 10.6 Å². The van der Waals surface area contributed by atoms with Gasteiger partial charge >= 0.3 is 0 Å². The van der Waals surface area contributed by atoms with Gasteiger partial charge in [0.1, 0.15) is 5.76 Å². The molecule has 1 amide bonds. The summed E-state index contributed by atoms with van der Waals surface area (Å²) in [5.74, 6) is 2.21. The molecular formula is C20H34IN5O2. The maximum atomic E-state index is 12.7. The second kappa shape index (κ2) is 11.0. The minimum atomic E-state index is 0. The van der Waals surface area contributed by atoms with E-state index in [-0.39, 0.29) is 35.9 Å². The van der Waals surface area contributed by atoms with Gasteiger partial charge in [0.2, 0.25) is 5.91 Å². The Morgan fingerprint density at radius 3 is 2.64 bits per heavy atom. The Kier molecular flexibility index (Phi) is 9.04. The lowest BCUT2D eigenvalue weighted by Gasteiger charge is -2.26. The van der Waals surface area contributed by atoms with E-state index in [1.807, 2.05) is 18.7 Å². The van der Waals surface area contributed by atoms with Gasteiger partial charge in [-0.25, -0.2) is 4.99 Å². The van der Waals surface area contributed by atoms with E-state index in [9.17, 15) is 4.79 Å². The first-order chi connectivity index (χ1) is 13.1. The third kappa shape index (κ3) is 5.84. The maximum Gasteiger partial charge on any atom is 0.225 e. The minimum Gasteiger partial charge on any atom is -0.361 e. The van der Waals surface area contributed by atoms with E-state index in [1.165, 1.54) is 19.3 Å². The normalized spacial score (nSPS) is 20.8. The van der Waals surface area contributed by atoms with Gasteiger partial charge in [-0.3, -0.25) is 4.79 Å². The summed E-state index contributed by atoms with van der Waals surface area (Å²) in [6.07, 6.45) is 6.77. The Hall–Kier alpha value is -1.32. The van der Waals surface area contributed by atoms with Crippen LogP contribution in [0.3, 0.4) is 0 Å². The Morgan fingerprint density at radius 2 is 2.00 bits per heavy atom. The van der Waals surface area contributed by atoms with E-state index in [0.29, 0.717) is 12.5 Å². The first-order valence-electron chi connectivity index (χ1n) is 10.3. The first kappa shape index (κ1) is 23.0. The fourth-order valence-corrected chi connectivity index (χ4v) is 4.09. The molecular weight excluding hydrogens is 469 g/mol. The highest BCUT2D eigenvalue weighted by Crippen LogP contribution is 2.26. The molecule has 1 aromatic rings. The van der Waals surface area contributed by atoms with Gasteiger partial charge < -0.3 is 20.1 Å². The highest BCUT2D eigenvalue weighted by molar-refractivity contribution is 14.0. The number of hydrogen-bond donors (Lipinski definition) is 2. The molecule has 0 radical (unpaired) electrons. The van der Waals surface area contributed by atoms with Crippen molar-refractivity contribution in [2.75, 3.05) is 19.6 Å². The second-order valence-electron chi connectivity index (χ2n) is 7.75. The van der Waals surface area contributed by atoms with Crippen molar-refractivity contribution in [3.05, 3.63) is 17.0 Å². The summed E-state index contributed by atoms with van der Waals surface area (Å²) in [5.41, 5.74) is 1.92. The van der Waals surface area contributed by atoms with Crippen LogP contribution in [-0.4, -0.2) is 47.6 Å². The van der Waals surface area contributed by atoms with Gasteiger partial charge in [0.25, 0.3) is 0 Å². The van der Waals surface area contributed by atoms with Crippen molar-refractivity contribution in [3.8, 4) is 0 Å². The molecule has 1 aromatic heterocycles. The summed E-state index contributed by atoms with van der Waals surface area (Å²) in [6, 6.07) is 0.250. The van der Waals surface area contributed by atoms with Crippen LogP contribution in [0.1, 0.15) is 62.5 Å². The van der Waals surface area contributed by atoms with Gasteiger partial charge in [-0.1, -0.05) is 24.4 Å². The number of aryl methyl sites for hydroxylation is 2. The van der Waals surface area contributed by atoms with Gasteiger partial charge in [0.05, 0.1) is 12.2 Å². The SMILES string of the molecule is CCNC(=NCc1c(C)noc1C)NC1CCN(C(=O)C2CCCCC2)C1.I. The number of nitrogens with one attached hydrogen (secondary N) is 2. The van der Waals surface area contributed by atoms with E-state index in [2.05, 4.69) is 22.7 Å². The number of aromatic nitrogens is 1. The zero-order valence-electron chi connectivity index (χ0n) is 17.3. The number of carbonyl (C=O) groups excluding carboxylic acids is 1. The molecule has 1 unspecified atom stereocenters. The van der Waals surface area contributed by atoms with Crippen LogP contribution in [0, 0.1) is 19.8 Å². The quantitative estimate of drug-likeness (QED) is 0.367. The van der Waals surface area contributed by atoms with Gasteiger partial charge in [0, 0.05) is 37.2 Å². The standard InChI is InChI=1S/C20H33N5O2.HI/c1-4-21-20(22-12-18-14(2)24-27-15(18)3)23-17-10-11-25(13-17)19(26)16-8-6-5-7-9-16;/h16-17H,4-13H2,1-3H3,(H2,21,22,23);1H. The molecule has 2 N–H and O–H groups in total. The van der Waals surface area contributed by atoms with E-state index >= 15 is 0 Å². The first-order valence-corrected chi connectivity index (χ1v) is 10.3. The molecule has 2 fully saturated rings. The van der Waals surface area contributed by atoms with Gasteiger partial charge in [0.15, 0.2) is 5.96 Å². The molecule has 2 heterocycles. The number of hydrogen-bond acceptors (Lipinski definition) is 4. The fraction of sp³-hybridized carbons (Fsp3) is 0.750. The lowest BCUT2D eigenvalue weighted by molar-refractivity contribution is -0.135. The zero-order valence-corrected chi connectivity index (χ0v) is 19.6. The largest absolute Gasteiger partial charge is 0.361 e. The molecule has 7 nitrogen and oxygen atoms in total. The Balaban J connectivity index is 0.00000280. The van der Waals surface area contributed by atoms with Crippen molar-refractivity contribution in [1.29, 1.82) is 0 Å². The summed E-state index contributed by atoms with van der Waals surface area (Å²) in [7, 11) is 0. The number of guanidine groups is 1. The van der Waals surface area contributed by atoms with Gasteiger partial charge in [-0.05, 0) is 40.0 Å². The summed E-state index contributed by atoms with van der Waals surface area (Å²) in [4.78, 5) is 19.5. The number of amides is 1. The highest BCUT2D eigenvalue weighted by atomic mass is 127. The molecule has 8 heteroatoms. The average molecular weight is 503 g/mol. The van der Waals surface area contributed by atoms with Crippen LogP contribution in [-0.2, 0) is 11.3 Å². The van der Waals surface area contributed by atoms with E-state index < -0.39 is 0 Å². The molecule has 1 atom stereocenters. The molecule has 2 aliphatic rings. The number of aliphatic imine (C=N–C) groups is 1. The molecule has 1 aliphatic heterocycles. The van der Waals surface area contributed by atoms with Crippen molar-refractivity contribution in [2.24, 2.45) is 10.9 Å². The van der Waals surface area contributed by atoms with Crippen LogP contribution in [0.15, 0.2) is 9.52 Å². The molecule has 0 spiro atoms. The Labute approximate surface area is 185 Å². The Bertz CT molecular complexity index is 650. The lowest BCUT2D eigenvalue weighted by Crippen LogP contribution is -2.45. The van der Waals surface area contributed by atoms with Crippen LogP contribution in [0.4, 0.5) is 0 Å². The zero-order chi connectivity index (χ0) is 19.2. The number of likely N-dealkylation sites (tertiary alicyclic amines) is 1. The third-order valence-electron chi connectivity index (χ3n) is 5.72. The van der Waals surface area contributed by atoms with E-state index in [1.54, 1.807) is 0 Å².